The molecule has 1 saturated heterocycles. The van der Waals surface area contributed by atoms with Crippen LogP contribution in [0.2, 0.25) is 0 Å². The Labute approximate surface area is 116 Å². The Morgan fingerprint density at radius 1 is 1.37 bits per heavy atom. The molecule has 0 aromatic heterocycles. The van der Waals surface area contributed by atoms with Crippen LogP contribution in [-0.4, -0.2) is 25.5 Å². The number of nitrogens with one attached hydrogen (secondary N) is 2. The van der Waals surface area contributed by atoms with Gasteiger partial charge in [-0.25, -0.2) is 0 Å². The van der Waals surface area contributed by atoms with Crippen LogP contribution in [0.15, 0.2) is 24.3 Å². The number of carbonyl (C=O) groups excluding carboxylic acids is 1. The maximum Gasteiger partial charge on any atom is 0.230 e. The highest BCUT2D eigenvalue weighted by atomic mass is 16.1. The number of amides is 1. The number of quaternary nitrogens is 1. The molecule has 0 aliphatic carbocycles. The van der Waals surface area contributed by atoms with Crippen molar-refractivity contribution < 1.29 is 9.69 Å². The minimum Gasteiger partial charge on any atom is -0.334 e. The second-order valence-electron chi connectivity index (χ2n) is 5.85. The molecule has 1 aromatic carbocycles. The van der Waals surface area contributed by atoms with Gasteiger partial charge in [-0.1, -0.05) is 19.1 Å². The Morgan fingerprint density at radius 3 is 2.79 bits per heavy atom. The molecule has 0 unspecified atom stereocenters. The van der Waals surface area contributed by atoms with E-state index in [9.17, 15) is 4.79 Å². The molecule has 1 fully saturated rings. The summed E-state index contributed by atoms with van der Waals surface area (Å²) in [5, 5.41) is 2.98. The fourth-order valence-corrected chi connectivity index (χ4v) is 2.66. The third kappa shape index (κ3) is 4.67. The summed E-state index contributed by atoms with van der Waals surface area (Å²) in [5.74, 6) is 1.00. The van der Waals surface area contributed by atoms with Crippen LogP contribution in [0.4, 0.5) is 5.69 Å². The first-order valence-corrected chi connectivity index (χ1v) is 7.33. The third-order valence-corrected chi connectivity index (χ3v) is 3.99. The average molecular weight is 261 g/mol. The molecule has 0 bridgehead atoms. The monoisotopic (exact) mass is 261 g/mol. The van der Waals surface area contributed by atoms with E-state index in [1.165, 1.54) is 31.5 Å². The number of hydrogen-bond acceptors (Lipinski definition) is 1. The number of hydrogen-bond donors (Lipinski definition) is 2. The number of anilines is 1. The molecule has 2 N–H and O–H groups in total. The lowest BCUT2D eigenvalue weighted by atomic mass is 9.99. The van der Waals surface area contributed by atoms with Crippen LogP contribution in [0.1, 0.15) is 31.7 Å². The predicted octanol–water partition coefficient (Wildman–Crippen LogP) is 1.64. The zero-order chi connectivity index (χ0) is 13.7. The highest BCUT2D eigenvalue weighted by molar-refractivity contribution is 5.90. The quantitative estimate of drug-likeness (QED) is 0.849. The van der Waals surface area contributed by atoms with Crippen molar-refractivity contribution in [3.63, 3.8) is 0 Å². The Kier molecular flexibility index (Phi) is 4.97. The van der Waals surface area contributed by atoms with Crippen LogP contribution >= 0.6 is 0 Å². The Bertz CT molecular complexity index is 423. The number of rotatable bonds is 4. The molecule has 1 aromatic rings. The van der Waals surface area contributed by atoms with Gasteiger partial charge in [-0.2, -0.15) is 0 Å². The highest BCUT2D eigenvalue weighted by Crippen LogP contribution is 2.09. The van der Waals surface area contributed by atoms with Crippen LogP contribution in [-0.2, 0) is 4.79 Å². The molecule has 3 heteroatoms. The molecule has 0 radical (unpaired) electrons. The SMILES string of the molecule is Cc1cccc(NC(=O)CC[NH+]2CCC(C)CC2)c1. The van der Waals surface area contributed by atoms with E-state index >= 15 is 0 Å². The van der Waals surface area contributed by atoms with Crippen molar-refractivity contribution in [3.8, 4) is 0 Å². The summed E-state index contributed by atoms with van der Waals surface area (Å²) in [6.07, 6.45) is 3.22. The van der Waals surface area contributed by atoms with Gasteiger partial charge in [-0.15, -0.1) is 0 Å². The van der Waals surface area contributed by atoms with E-state index < -0.39 is 0 Å². The molecule has 0 saturated carbocycles. The molecule has 2 rings (SSSR count). The van der Waals surface area contributed by atoms with Gasteiger partial charge >= 0.3 is 0 Å². The molecule has 1 heterocycles. The summed E-state index contributed by atoms with van der Waals surface area (Å²) >= 11 is 0. The summed E-state index contributed by atoms with van der Waals surface area (Å²) in [5.41, 5.74) is 2.08. The van der Waals surface area contributed by atoms with E-state index in [4.69, 9.17) is 0 Å². The first-order chi connectivity index (χ1) is 9.13. The van der Waals surface area contributed by atoms with Crippen LogP contribution < -0.4 is 10.2 Å². The molecule has 0 spiro atoms. The largest absolute Gasteiger partial charge is 0.334 e. The van der Waals surface area contributed by atoms with Crippen molar-refractivity contribution in [2.24, 2.45) is 5.92 Å². The second-order valence-corrected chi connectivity index (χ2v) is 5.85. The van der Waals surface area contributed by atoms with Gasteiger partial charge in [0.2, 0.25) is 5.91 Å². The lowest BCUT2D eigenvalue weighted by Crippen LogP contribution is -3.13. The van der Waals surface area contributed by atoms with Gasteiger partial charge in [0.1, 0.15) is 0 Å². The number of piperidine rings is 1. The van der Waals surface area contributed by atoms with Crippen molar-refractivity contribution in [1.82, 2.24) is 0 Å². The standard InChI is InChI=1S/C16H24N2O/c1-13-6-9-18(10-7-13)11-8-16(19)17-15-5-3-4-14(2)12-15/h3-5,12-13H,6-11H2,1-2H3,(H,17,19)/p+1. The normalized spacial score (nSPS) is 23.1. The molecule has 1 aliphatic heterocycles. The van der Waals surface area contributed by atoms with Crippen LogP contribution in [0.3, 0.4) is 0 Å². The van der Waals surface area contributed by atoms with Crippen LogP contribution in [0, 0.1) is 12.8 Å². The highest BCUT2D eigenvalue weighted by Gasteiger charge is 2.19. The topological polar surface area (TPSA) is 33.5 Å². The summed E-state index contributed by atoms with van der Waals surface area (Å²) in [6.45, 7) is 7.76. The molecule has 19 heavy (non-hydrogen) atoms. The first kappa shape index (κ1) is 14.1. The Hall–Kier alpha value is -1.35. The molecule has 1 amide bonds. The van der Waals surface area contributed by atoms with E-state index in [1.807, 2.05) is 31.2 Å². The van der Waals surface area contributed by atoms with E-state index in [1.54, 1.807) is 4.90 Å². The van der Waals surface area contributed by atoms with Gasteiger partial charge in [0.25, 0.3) is 0 Å². The van der Waals surface area contributed by atoms with Gasteiger partial charge in [-0.05, 0) is 43.4 Å². The van der Waals surface area contributed by atoms with Gasteiger partial charge < -0.3 is 10.2 Å². The summed E-state index contributed by atoms with van der Waals surface area (Å²) in [7, 11) is 0. The maximum atomic E-state index is 11.9. The average Bonchev–Trinajstić information content (AvgIpc) is 2.38. The van der Waals surface area contributed by atoms with E-state index in [-0.39, 0.29) is 5.91 Å². The number of aryl methyl sites for hydroxylation is 1. The molecular formula is C16H25N2O+. The van der Waals surface area contributed by atoms with E-state index in [2.05, 4.69) is 12.2 Å². The number of likely N-dealkylation sites (tertiary alicyclic amines) is 1. The fourth-order valence-electron chi connectivity index (χ4n) is 2.66. The lowest BCUT2D eigenvalue weighted by molar-refractivity contribution is -0.905. The third-order valence-electron chi connectivity index (χ3n) is 3.99. The van der Waals surface area contributed by atoms with Gasteiger partial charge in [-0.3, -0.25) is 4.79 Å². The smallest absolute Gasteiger partial charge is 0.230 e. The molecule has 104 valence electrons. The molecule has 3 nitrogen and oxygen atoms in total. The zero-order valence-electron chi connectivity index (χ0n) is 12.0. The van der Waals surface area contributed by atoms with Crippen molar-refractivity contribution in [1.29, 1.82) is 0 Å². The van der Waals surface area contributed by atoms with Crippen LogP contribution in [0.5, 0.6) is 0 Å². The van der Waals surface area contributed by atoms with E-state index in [0.717, 1.165) is 18.2 Å². The van der Waals surface area contributed by atoms with Gasteiger partial charge in [0, 0.05) is 5.69 Å². The molecule has 0 atom stereocenters. The predicted molar refractivity (Wildman–Crippen MR) is 78.4 cm³/mol. The van der Waals surface area contributed by atoms with Crippen molar-refractivity contribution >= 4 is 11.6 Å². The minimum absolute atomic E-state index is 0.136. The maximum absolute atomic E-state index is 11.9. The van der Waals surface area contributed by atoms with Crippen LogP contribution in [0.25, 0.3) is 0 Å². The minimum atomic E-state index is 0.136. The van der Waals surface area contributed by atoms with Gasteiger partial charge in [0.15, 0.2) is 0 Å². The summed E-state index contributed by atoms with van der Waals surface area (Å²) < 4.78 is 0. The van der Waals surface area contributed by atoms with Crippen molar-refractivity contribution in [2.75, 3.05) is 25.0 Å². The van der Waals surface area contributed by atoms with Crippen molar-refractivity contribution in [3.05, 3.63) is 29.8 Å². The summed E-state index contributed by atoms with van der Waals surface area (Å²) in [6, 6.07) is 7.96. The fraction of sp³-hybridized carbons (Fsp3) is 0.562. The number of benzene rings is 1. The van der Waals surface area contributed by atoms with Crippen molar-refractivity contribution in [2.45, 2.75) is 33.1 Å². The zero-order valence-corrected chi connectivity index (χ0v) is 12.0. The molecular weight excluding hydrogens is 236 g/mol. The van der Waals surface area contributed by atoms with Gasteiger partial charge in [0.05, 0.1) is 26.1 Å². The van der Waals surface area contributed by atoms with E-state index in [0.29, 0.717) is 6.42 Å². The number of carbonyl (C=O) groups is 1. The second kappa shape index (κ2) is 6.71. The Balaban J connectivity index is 1.73. The Morgan fingerprint density at radius 2 is 2.11 bits per heavy atom. The lowest BCUT2D eigenvalue weighted by Gasteiger charge is -2.27. The summed E-state index contributed by atoms with van der Waals surface area (Å²) in [4.78, 5) is 13.5. The first-order valence-electron chi connectivity index (χ1n) is 7.33. The molecule has 1 aliphatic rings.